The Morgan fingerprint density at radius 1 is 1.00 bits per heavy atom. The Labute approximate surface area is 98.8 Å². The molecule has 4 rings (SSSR count). The number of oxazole rings is 2. The maximum atomic E-state index is 5.10. The zero-order valence-electron chi connectivity index (χ0n) is 8.73. The van der Waals surface area contributed by atoms with Crippen LogP contribution in [-0.4, -0.2) is 29.9 Å². The van der Waals surface area contributed by atoms with Crippen LogP contribution in [0.15, 0.2) is 27.6 Å². The minimum absolute atomic E-state index is 0.319. The fraction of sp³-hybridized carbons (Fsp3) is 0. The van der Waals surface area contributed by atoms with Crippen molar-refractivity contribution in [2.75, 3.05) is 0 Å². The normalized spacial score (nSPS) is 11.3. The lowest BCUT2D eigenvalue weighted by Crippen LogP contribution is -1.93. The SMILES string of the molecule is [c]1nc2nc(-c3ncc4ncoc4n3)cnc2o1. The summed E-state index contributed by atoms with van der Waals surface area (Å²) in [4.78, 5) is 24.3. The third kappa shape index (κ3) is 1.25. The van der Waals surface area contributed by atoms with Crippen molar-refractivity contribution in [1.82, 2.24) is 29.9 Å². The molecule has 0 amide bonds. The second kappa shape index (κ2) is 3.29. The summed E-state index contributed by atoms with van der Waals surface area (Å²) >= 11 is 0. The third-order valence-electron chi connectivity index (χ3n) is 2.34. The fourth-order valence-electron chi connectivity index (χ4n) is 1.52. The van der Waals surface area contributed by atoms with Gasteiger partial charge in [0.1, 0.15) is 11.2 Å². The first-order valence-corrected chi connectivity index (χ1v) is 4.96. The van der Waals surface area contributed by atoms with Crippen LogP contribution in [-0.2, 0) is 0 Å². The number of fused-ring (bicyclic) bond motifs is 2. The Kier molecular flexibility index (Phi) is 1.68. The van der Waals surface area contributed by atoms with Gasteiger partial charge in [-0.15, -0.1) is 0 Å². The van der Waals surface area contributed by atoms with E-state index >= 15 is 0 Å². The van der Waals surface area contributed by atoms with Gasteiger partial charge in [-0.2, -0.15) is 9.97 Å². The average molecular weight is 239 g/mol. The molecule has 0 aliphatic rings. The van der Waals surface area contributed by atoms with E-state index in [1.54, 1.807) is 6.20 Å². The van der Waals surface area contributed by atoms with Crippen molar-refractivity contribution in [2.24, 2.45) is 0 Å². The Bertz CT molecular complexity index is 779. The summed E-state index contributed by atoms with van der Waals surface area (Å²) in [7, 11) is 0. The summed E-state index contributed by atoms with van der Waals surface area (Å²) in [5.74, 6) is 0.386. The monoisotopic (exact) mass is 239 g/mol. The molecule has 1 radical (unpaired) electrons. The molecule has 0 bridgehead atoms. The molecule has 4 aromatic rings. The van der Waals surface area contributed by atoms with Crippen molar-refractivity contribution in [2.45, 2.75) is 0 Å². The van der Waals surface area contributed by atoms with Crippen LogP contribution in [0.25, 0.3) is 34.1 Å². The van der Waals surface area contributed by atoms with E-state index in [4.69, 9.17) is 8.83 Å². The van der Waals surface area contributed by atoms with Gasteiger partial charge in [-0.3, -0.25) is 0 Å². The molecule has 0 aliphatic heterocycles. The van der Waals surface area contributed by atoms with E-state index in [-0.39, 0.29) is 0 Å². The molecule has 0 aromatic carbocycles. The molecule has 18 heavy (non-hydrogen) atoms. The van der Waals surface area contributed by atoms with Gasteiger partial charge in [0.2, 0.25) is 11.4 Å². The Morgan fingerprint density at radius 2 is 2.00 bits per heavy atom. The molecule has 0 saturated heterocycles. The maximum Gasteiger partial charge on any atom is 0.287 e. The highest BCUT2D eigenvalue weighted by Crippen LogP contribution is 2.16. The van der Waals surface area contributed by atoms with E-state index in [1.807, 2.05) is 0 Å². The fourth-order valence-corrected chi connectivity index (χ4v) is 1.52. The molecule has 0 N–H and O–H groups in total. The zero-order chi connectivity index (χ0) is 11.9. The molecule has 85 valence electrons. The summed E-state index contributed by atoms with van der Waals surface area (Å²) in [6, 6.07) is 0. The number of hydrogen-bond donors (Lipinski definition) is 0. The van der Waals surface area contributed by atoms with Crippen LogP contribution < -0.4 is 0 Å². The summed E-state index contributed by atoms with van der Waals surface area (Å²) < 4.78 is 9.99. The highest BCUT2D eigenvalue weighted by Gasteiger charge is 2.10. The molecule has 0 fully saturated rings. The second-order valence-corrected chi connectivity index (χ2v) is 3.43. The maximum absolute atomic E-state index is 5.10. The van der Waals surface area contributed by atoms with E-state index < -0.39 is 0 Å². The molecule has 0 unspecified atom stereocenters. The van der Waals surface area contributed by atoms with Gasteiger partial charge in [-0.05, 0) is 0 Å². The zero-order valence-corrected chi connectivity index (χ0v) is 8.73. The van der Waals surface area contributed by atoms with Crippen molar-refractivity contribution in [3.05, 3.63) is 25.2 Å². The van der Waals surface area contributed by atoms with Gasteiger partial charge < -0.3 is 8.83 Å². The quantitative estimate of drug-likeness (QED) is 0.484. The minimum atomic E-state index is 0.319. The molecular formula is C10H3N6O2. The van der Waals surface area contributed by atoms with E-state index in [1.165, 1.54) is 12.6 Å². The summed E-state index contributed by atoms with van der Waals surface area (Å²) in [6.45, 7) is 0. The van der Waals surface area contributed by atoms with Gasteiger partial charge in [-0.25, -0.2) is 19.9 Å². The predicted octanol–water partition coefficient (Wildman–Crippen LogP) is 1.02. The number of hydrogen-bond acceptors (Lipinski definition) is 8. The van der Waals surface area contributed by atoms with Crippen molar-refractivity contribution in [3.63, 3.8) is 0 Å². The molecule has 0 spiro atoms. The van der Waals surface area contributed by atoms with Crippen LogP contribution in [0.5, 0.6) is 0 Å². The predicted molar refractivity (Wildman–Crippen MR) is 57.0 cm³/mol. The average Bonchev–Trinajstić information content (AvgIpc) is 3.05. The van der Waals surface area contributed by atoms with Crippen LogP contribution in [0.3, 0.4) is 0 Å². The van der Waals surface area contributed by atoms with Gasteiger partial charge >= 0.3 is 0 Å². The van der Waals surface area contributed by atoms with Gasteiger partial charge in [0.15, 0.2) is 12.2 Å². The first kappa shape index (κ1) is 9.16. The third-order valence-corrected chi connectivity index (χ3v) is 2.34. The molecule has 0 aliphatic carbocycles. The Balaban J connectivity index is 1.93. The van der Waals surface area contributed by atoms with E-state index in [2.05, 4.69) is 36.3 Å². The largest absolute Gasteiger partial charge is 0.425 e. The summed E-state index contributed by atoms with van der Waals surface area (Å²) in [5.41, 5.74) is 2.13. The topological polar surface area (TPSA) is 104 Å². The molecule has 4 aromatic heterocycles. The summed E-state index contributed by atoms with van der Waals surface area (Å²) in [5, 5.41) is 0. The molecule has 8 heteroatoms. The summed E-state index contributed by atoms with van der Waals surface area (Å²) in [6.07, 6.45) is 6.69. The van der Waals surface area contributed by atoms with Gasteiger partial charge in [0.25, 0.3) is 12.1 Å². The number of rotatable bonds is 1. The standard InChI is InChI=1S/C10H3N6O2/c1-5(15-8-10(12-1)18-4-14-8)7-11-2-6-9(16-7)17-3-13-6/h1-3H. The van der Waals surface area contributed by atoms with Crippen LogP contribution in [0, 0.1) is 6.39 Å². The van der Waals surface area contributed by atoms with Gasteiger partial charge in [-0.1, -0.05) is 0 Å². The first-order chi connectivity index (χ1) is 8.90. The van der Waals surface area contributed by atoms with Crippen LogP contribution in [0.1, 0.15) is 0 Å². The van der Waals surface area contributed by atoms with Crippen LogP contribution >= 0.6 is 0 Å². The molecule has 4 heterocycles. The van der Waals surface area contributed by atoms with E-state index in [9.17, 15) is 0 Å². The Hall–Kier alpha value is -2.90. The first-order valence-electron chi connectivity index (χ1n) is 4.96. The Morgan fingerprint density at radius 3 is 3.00 bits per heavy atom. The number of nitrogens with zero attached hydrogens (tertiary/aromatic N) is 6. The van der Waals surface area contributed by atoms with Gasteiger partial charge in [0, 0.05) is 0 Å². The smallest absolute Gasteiger partial charge is 0.287 e. The second-order valence-electron chi connectivity index (χ2n) is 3.43. The molecule has 8 nitrogen and oxygen atoms in total. The van der Waals surface area contributed by atoms with Crippen LogP contribution in [0.4, 0.5) is 0 Å². The highest BCUT2D eigenvalue weighted by molar-refractivity contribution is 5.70. The van der Waals surface area contributed by atoms with E-state index in [0.29, 0.717) is 34.1 Å². The van der Waals surface area contributed by atoms with E-state index in [0.717, 1.165) is 0 Å². The lowest BCUT2D eigenvalue weighted by Gasteiger charge is -1.96. The van der Waals surface area contributed by atoms with Crippen molar-refractivity contribution in [1.29, 1.82) is 0 Å². The van der Waals surface area contributed by atoms with Crippen molar-refractivity contribution < 1.29 is 8.83 Å². The van der Waals surface area contributed by atoms with Crippen molar-refractivity contribution >= 4 is 22.6 Å². The van der Waals surface area contributed by atoms with Crippen molar-refractivity contribution in [3.8, 4) is 11.5 Å². The van der Waals surface area contributed by atoms with Crippen LogP contribution in [0.2, 0.25) is 0 Å². The highest BCUT2D eigenvalue weighted by atomic mass is 16.3. The minimum Gasteiger partial charge on any atom is -0.425 e. The lowest BCUT2D eigenvalue weighted by atomic mass is 10.4. The van der Waals surface area contributed by atoms with Gasteiger partial charge in [0.05, 0.1) is 12.4 Å². The molecule has 0 saturated carbocycles. The lowest BCUT2D eigenvalue weighted by molar-refractivity contribution is 0.580. The molecular weight excluding hydrogens is 236 g/mol. The number of aromatic nitrogens is 6. The molecule has 0 atom stereocenters.